The van der Waals surface area contributed by atoms with Crippen molar-refractivity contribution < 1.29 is 31.8 Å². The first-order valence-electron chi connectivity index (χ1n) is 11.7. The van der Waals surface area contributed by atoms with E-state index in [2.05, 4.69) is 6.92 Å². The van der Waals surface area contributed by atoms with Crippen LogP contribution < -0.4 is 9.47 Å². The molecule has 0 atom stereocenters. The summed E-state index contributed by atoms with van der Waals surface area (Å²) < 4.78 is 74.1. The molecule has 0 aliphatic heterocycles. The summed E-state index contributed by atoms with van der Waals surface area (Å²) in [4.78, 5) is 0. The van der Waals surface area contributed by atoms with Gasteiger partial charge in [0.05, 0.1) is 13.2 Å². The maximum absolute atomic E-state index is 14.8. The summed E-state index contributed by atoms with van der Waals surface area (Å²) in [6.07, 6.45) is 7.20. The summed E-state index contributed by atoms with van der Waals surface area (Å²) >= 11 is 0. The van der Waals surface area contributed by atoms with E-state index in [1.165, 1.54) is 44.2 Å². The molecule has 0 bridgehead atoms. The average molecular weight is 469 g/mol. The van der Waals surface area contributed by atoms with Crippen LogP contribution in [0.1, 0.15) is 51.9 Å². The topological polar surface area (TPSA) is 27.7 Å². The van der Waals surface area contributed by atoms with Crippen LogP contribution in [-0.4, -0.2) is 26.9 Å². The Morgan fingerprint density at radius 3 is 1.82 bits per heavy atom. The van der Waals surface area contributed by atoms with Crippen molar-refractivity contribution in [1.29, 1.82) is 0 Å². The van der Waals surface area contributed by atoms with E-state index in [9.17, 15) is 17.6 Å². The SMILES string of the molecule is CCCC1CCC(COc2ccc(-c3ccc(OCCCOC)c(F)c3F)c(F)c2F)CC1. The zero-order chi connectivity index (χ0) is 23.8. The molecule has 0 N–H and O–H groups in total. The van der Waals surface area contributed by atoms with Crippen molar-refractivity contribution in [3.05, 3.63) is 47.5 Å². The van der Waals surface area contributed by atoms with E-state index in [4.69, 9.17) is 14.2 Å². The second-order valence-corrected chi connectivity index (χ2v) is 8.66. The van der Waals surface area contributed by atoms with Crippen LogP contribution in [0.15, 0.2) is 24.3 Å². The van der Waals surface area contributed by atoms with Crippen molar-refractivity contribution >= 4 is 0 Å². The Balaban J connectivity index is 1.67. The van der Waals surface area contributed by atoms with Gasteiger partial charge in [0, 0.05) is 31.3 Å². The third-order valence-electron chi connectivity index (χ3n) is 6.27. The molecule has 33 heavy (non-hydrogen) atoms. The minimum Gasteiger partial charge on any atom is -0.490 e. The minimum absolute atomic E-state index is 0.138. The quantitative estimate of drug-likeness (QED) is 0.256. The van der Waals surface area contributed by atoms with Crippen LogP contribution in [-0.2, 0) is 4.74 Å². The van der Waals surface area contributed by atoms with E-state index in [1.54, 1.807) is 0 Å². The fourth-order valence-electron chi connectivity index (χ4n) is 4.39. The first-order chi connectivity index (χ1) is 16.0. The summed E-state index contributed by atoms with van der Waals surface area (Å²) in [6.45, 7) is 3.05. The van der Waals surface area contributed by atoms with Crippen molar-refractivity contribution in [3.8, 4) is 22.6 Å². The van der Waals surface area contributed by atoms with Crippen LogP contribution in [0, 0.1) is 35.1 Å². The van der Waals surface area contributed by atoms with Crippen LogP contribution in [0.2, 0.25) is 0 Å². The number of hydrogen-bond acceptors (Lipinski definition) is 3. The monoisotopic (exact) mass is 468 g/mol. The Labute approximate surface area is 193 Å². The number of hydrogen-bond donors (Lipinski definition) is 0. The molecule has 1 aliphatic carbocycles. The fourth-order valence-corrected chi connectivity index (χ4v) is 4.39. The third kappa shape index (κ3) is 6.40. The molecule has 2 aromatic rings. The van der Waals surface area contributed by atoms with Gasteiger partial charge in [-0.2, -0.15) is 8.78 Å². The maximum atomic E-state index is 14.8. The summed E-state index contributed by atoms with van der Waals surface area (Å²) in [5.74, 6) is -4.47. The molecule has 0 radical (unpaired) electrons. The number of ether oxygens (including phenoxy) is 3. The summed E-state index contributed by atoms with van der Waals surface area (Å²) in [5, 5.41) is 0. The molecule has 2 aromatic carbocycles. The van der Waals surface area contributed by atoms with Gasteiger partial charge in [-0.1, -0.05) is 32.6 Å². The number of halogens is 4. The Bertz CT molecular complexity index is 911. The Morgan fingerprint density at radius 1 is 0.727 bits per heavy atom. The van der Waals surface area contributed by atoms with E-state index in [0.29, 0.717) is 25.6 Å². The highest BCUT2D eigenvalue weighted by molar-refractivity contribution is 5.67. The maximum Gasteiger partial charge on any atom is 0.201 e. The van der Waals surface area contributed by atoms with E-state index >= 15 is 0 Å². The highest BCUT2D eigenvalue weighted by Gasteiger charge is 2.24. The molecule has 0 aromatic heterocycles. The zero-order valence-corrected chi connectivity index (χ0v) is 19.3. The van der Waals surface area contributed by atoms with Gasteiger partial charge in [-0.25, -0.2) is 8.78 Å². The first kappa shape index (κ1) is 25.3. The van der Waals surface area contributed by atoms with Gasteiger partial charge in [0.1, 0.15) is 0 Å². The lowest BCUT2D eigenvalue weighted by Crippen LogP contribution is -2.20. The van der Waals surface area contributed by atoms with Gasteiger partial charge >= 0.3 is 0 Å². The Morgan fingerprint density at radius 2 is 1.27 bits per heavy atom. The highest BCUT2D eigenvalue weighted by Crippen LogP contribution is 2.36. The Kier molecular flexibility index (Phi) is 9.41. The van der Waals surface area contributed by atoms with E-state index < -0.39 is 23.3 Å². The van der Waals surface area contributed by atoms with Crippen LogP contribution in [0.4, 0.5) is 17.6 Å². The van der Waals surface area contributed by atoms with Gasteiger partial charge in [-0.15, -0.1) is 0 Å². The van der Waals surface area contributed by atoms with Crippen LogP contribution in [0.5, 0.6) is 11.5 Å². The molecule has 0 amide bonds. The molecule has 1 fully saturated rings. The minimum atomic E-state index is -1.30. The molecular formula is C26H32F4O3. The number of methoxy groups -OCH3 is 1. The van der Waals surface area contributed by atoms with Crippen molar-refractivity contribution in [2.45, 2.75) is 51.9 Å². The summed E-state index contributed by atoms with van der Waals surface area (Å²) in [7, 11) is 1.53. The molecule has 3 rings (SSSR count). The van der Waals surface area contributed by atoms with Crippen molar-refractivity contribution in [2.75, 3.05) is 26.9 Å². The molecular weight excluding hydrogens is 436 g/mol. The molecule has 0 spiro atoms. The largest absolute Gasteiger partial charge is 0.490 e. The molecule has 0 heterocycles. The molecule has 3 nitrogen and oxygen atoms in total. The third-order valence-corrected chi connectivity index (χ3v) is 6.27. The predicted molar refractivity (Wildman–Crippen MR) is 120 cm³/mol. The predicted octanol–water partition coefficient (Wildman–Crippen LogP) is 7.31. The van der Waals surface area contributed by atoms with E-state index in [1.807, 2.05) is 0 Å². The van der Waals surface area contributed by atoms with Crippen molar-refractivity contribution in [3.63, 3.8) is 0 Å². The van der Waals surface area contributed by atoms with E-state index in [-0.39, 0.29) is 29.2 Å². The molecule has 7 heteroatoms. The first-order valence-corrected chi connectivity index (χ1v) is 11.7. The second kappa shape index (κ2) is 12.3. The molecule has 1 saturated carbocycles. The lowest BCUT2D eigenvalue weighted by Gasteiger charge is -2.28. The normalized spacial score (nSPS) is 18.4. The lowest BCUT2D eigenvalue weighted by molar-refractivity contribution is 0.170. The molecule has 0 saturated heterocycles. The van der Waals surface area contributed by atoms with Gasteiger partial charge in [0.15, 0.2) is 23.1 Å². The van der Waals surface area contributed by atoms with Crippen LogP contribution in [0.3, 0.4) is 0 Å². The zero-order valence-electron chi connectivity index (χ0n) is 19.3. The Hall–Kier alpha value is -2.28. The van der Waals surface area contributed by atoms with Crippen molar-refractivity contribution in [1.82, 2.24) is 0 Å². The van der Waals surface area contributed by atoms with Gasteiger partial charge < -0.3 is 14.2 Å². The smallest absolute Gasteiger partial charge is 0.201 e. The van der Waals surface area contributed by atoms with E-state index in [0.717, 1.165) is 31.6 Å². The summed E-state index contributed by atoms with van der Waals surface area (Å²) in [6, 6.07) is 4.86. The molecule has 182 valence electrons. The molecule has 0 unspecified atom stereocenters. The van der Waals surface area contributed by atoms with Crippen LogP contribution >= 0.6 is 0 Å². The molecule has 1 aliphatic rings. The standard InChI is InChI=1S/C26H32F4O3/c1-3-5-17-6-8-18(9-7-17)16-33-22-13-11-20(24(28)26(22)30)19-10-12-21(25(29)23(19)27)32-15-4-14-31-2/h10-13,17-18H,3-9,14-16H2,1-2H3. The average Bonchev–Trinajstić information content (AvgIpc) is 2.82. The number of rotatable bonds is 11. The highest BCUT2D eigenvalue weighted by atomic mass is 19.2. The summed E-state index contributed by atoms with van der Waals surface area (Å²) in [5.41, 5.74) is -0.754. The van der Waals surface area contributed by atoms with Gasteiger partial charge in [-0.3, -0.25) is 0 Å². The van der Waals surface area contributed by atoms with Gasteiger partial charge in [-0.05, 0) is 48.9 Å². The fraction of sp³-hybridized carbons (Fsp3) is 0.538. The van der Waals surface area contributed by atoms with Gasteiger partial charge in [0.25, 0.3) is 0 Å². The van der Waals surface area contributed by atoms with Crippen molar-refractivity contribution in [2.24, 2.45) is 11.8 Å². The lowest BCUT2D eigenvalue weighted by atomic mass is 9.80. The second-order valence-electron chi connectivity index (χ2n) is 8.66. The van der Waals surface area contributed by atoms with Gasteiger partial charge in [0.2, 0.25) is 11.6 Å². The van der Waals surface area contributed by atoms with Crippen LogP contribution in [0.25, 0.3) is 11.1 Å². The number of benzene rings is 2.